The molecule has 0 N–H and O–H groups in total. The molecule has 1 nitrogen and oxygen atoms in total. The lowest BCUT2D eigenvalue weighted by molar-refractivity contribution is 0.413. The van der Waals surface area contributed by atoms with Crippen molar-refractivity contribution in [2.45, 2.75) is 10.5 Å². The largest absolute Gasteiger partial charge is 0.359 e. The molecule has 0 unspecified atom stereocenters. The van der Waals surface area contributed by atoms with Crippen LogP contribution in [0.1, 0.15) is 6.92 Å². The molecular weight excluding hydrogens is 179 g/mol. The van der Waals surface area contributed by atoms with Crippen LogP contribution in [0, 0.1) is 0 Å². The lowest BCUT2D eigenvalue weighted by Crippen LogP contribution is -1.83. The summed E-state index contributed by atoms with van der Waals surface area (Å²) in [4.78, 5) is 0. The van der Waals surface area contributed by atoms with Gasteiger partial charge in [0, 0.05) is 0 Å². The lowest BCUT2D eigenvalue weighted by Gasteiger charge is -1.78. The minimum Gasteiger partial charge on any atom is -0.359 e. The van der Waals surface area contributed by atoms with Crippen LogP contribution < -0.4 is 0 Å². The first-order valence-corrected chi connectivity index (χ1v) is 2.61. The predicted molar refractivity (Wildman–Crippen MR) is 28.4 cm³/mol. The molecule has 0 saturated carbocycles. The molecule has 0 amide bonds. The Bertz CT molecular complexity index is 44.9. The van der Waals surface area contributed by atoms with E-state index in [9.17, 15) is 0 Å². The summed E-state index contributed by atoms with van der Waals surface area (Å²) in [6.07, 6.45) is 0. The molecule has 0 aliphatic carbocycles. The van der Waals surface area contributed by atoms with Crippen molar-refractivity contribution in [2.75, 3.05) is 6.61 Å². The van der Waals surface area contributed by atoms with Crippen molar-refractivity contribution in [1.29, 1.82) is 0 Å². The summed E-state index contributed by atoms with van der Waals surface area (Å²) in [6, 6.07) is 0. The summed E-state index contributed by atoms with van der Waals surface area (Å²) in [5.41, 5.74) is 0. The second-order valence-corrected chi connectivity index (χ2v) is 3.67. The monoisotopic (exact) mass is 184 g/mol. The lowest BCUT2D eigenvalue weighted by atomic mass is 10.6. The molecule has 1 saturated heterocycles. The van der Waals surface area contributed by atoms with Gasteiger partial charge in [-0.25, -0.2) is 0 Å². The Hall–Kier alpha value is 0.690. The number of epoxide rings is 1. The Labute approximate surface area is 44.8 Å². The molecule has 1 fully saturated rings. The predicted octanol–water partition coefficient (Wildman–Crippen LogP) is 1.17. The van der Waals surface area contributed by atoms with E-state index in [1.165, 1.54) is 0 Å². The van der Waals surface area contributed by atoms with Gasteiger partial charge in [0.25, 0.3) is 0 Å². The number of rotatable bonds is 0. The van der Waals surface area contributed by atoms with E-state index in [0.717, 1.165) is 6.61 Å². The molecule has 30 valence electrons. The molecule has 1 heterocycles. The summed E-state index contributed by atoms with van der Waals surface area (Å²) >= 11 is 2.27. The molecule has 2 heteroatoms. The highest BCUT2D eigenvalue weighted by Crippen LogP contribution is 2.32. The van der Waals surface area contributed by atoms with Crippen LogP contribution in [-0.4, -0.2) is 10.2 Å². The van der Waals surface area contributed by atoms with E-state index in [1.807, 2.05) is 0 Å². The van der Waals surface area contributed by atoms with Crippen molar-refractivity contribution < 1.29 is 4.74 Å². The van der Waals surface area contributed by atoms with Gasteiger partial charge in [0.05, 0.1) is 6.61 Å². The SMILES string of the molecule is C[C@@]1(I)CO1. The maximum atomic E-state index is 4.88. The quantitative estimate of drug-likeness (QED) is 0.312. The van der Waals surface area contributed by atoms with E-state index in [-0.39, 0.29) is 3.61 Å². The fraction of sp³-hybridized carbons (Fsp3) is 1.00. The second kappa shape index (κ2) is 0.846. The number of ether oxygens (including phenoxy) is 1. The van der Waals surface area contributed by atoms with Gasteiger partial charge in [0.1, 0.15) is 3.61 Å². The van der Waals surface area contributed by atoms with Crippen LogP contribution in [0.3, 0.4) is 0 Å². The summed E-state index contributed by atoms with van der Waals surface area (Å²) < 4.78 is 5.10. The van der Waals surface area contributed by atoms with Crippen LogP contribution >= 0.6 is 22.6 Å². The van der Waals surface area contributed by atoms with Crippen LogP contribution in [0.4, 0.5) is 0 Å². The normalized spacial score (nSPS) is 49.2. The zero-order valence-corrected chi connectivity index (χ0v) is 5.15. The molecule has 1 aliphatic heterocycles. The van der Waals surface area contributed by atoms with Gasteiger partial charge in [-0.3, -0.25) is 0 Å². The number of alkyl halides is 1. The Kier molecular flexibility index (Phi) is 0.654. The highest BCUT2D eigenvalue weighted by Gasteiger charge is 2.35. The van der Waals surface area contributed by atoms with Crippen LogP contribution in [0.15, 0.2) is 0 Å². The van der Waals surface area contributed by atoms with Gasteiger partial charge in [0.2, 0.25) is 0 Å². The van der Waals surface area contributed by atoms with Crippen molar-refractivity contribution >= 4 is 22.6 Å². The smallest absolute Gasteiger partial charge is 0.139 e. The molecule has 0 aromatic rings. The molecule has 0 spiro atoms. The molecule has 0 radical (unpaired) electrons. The average molecular weight is 184 g/mol. The highest BCUT2D eigenvalue weighted by molar-refractivity contribution is 14.1. The van der Waals surface area contributed by atoms with Gasteiger partial charge in [-0.2, -0.15) is 0 Å². The van der Waals surface area contributed by atoms with Crippen LogP contribution in [-0.2, 0) is 4.74 Å². The van der Waals surface area contributed by atoms with E-state index in [2.05, 4.69) is 29.5 Å². The van der Waals surface area contributed by atoms with Gasteiger partial charge in [0.15, 0.2) is 0 Å². The minimum atomic E-state index is 0.220. The van der Waals surface area contributed by atoms with E-state index in [1.54, 1.807) is 0 Å². The van der Waals surface area contributed by atoms with Gasteiger partial charge in [-0.1, -0.05) is 0 Å². The molecule has 1 rings (SSSR count). The van der Waals surface area contributed by atoms with Gasteiger partial charge in [-0.15, -0.1) is 0 Å². The summed E-state index contributed by atoms with van der Waals surface area (Å²) in [7, 11) is 0. The van der Waals surface area contributed by atoms with Crippen molar-refractivity contribution in [1.82, 2.24) is 0 Å². The van der Waals surface area contributed by atoms with Crippen molar-refractivity contribution in [3.63, 3.8) is 0 Å². The Morgan fingerprint density at radius 2 is 2.20 bits per heavy atom. The second-order valence-electron chi connectivity index (χ2n) is 1.39. The van der Waals surface area contributed by atoms with Gasteiger partial charge >= 0.3 is 0 Å². The maximum absolute atomic E-state index is 4.88. The first kappa shape index (κ1) is 3.87. The topological polar surface area (TPSA) is 12.5 Å². The average Bonchev–Trinajstić information content (AvgIpc) is 1.76. The zero-order chi connectivity index (χ0) is 3.91. The third-order valence-corrected chi connectivity index (χ3v) is 1.16. The minimum absolute atomic E-state index is 0.220. The van der Waals surface area contributed by atoms with Crippen LogP contribution in [0.25, 0.3) is 0 Å². The Morgan fingerprint density at radius 1 is 2.00 bits per heavy atom. The molecule has 5 heavy (non-hydrogen) atoms. The summed E-state index contributed by atoms with van der Waals surface area (Å²) in [6.45, 7) is 3.00. The third kappa shape index (κ3) is 1.05. The van der Waals surface area contributed by atoms with Crippen molar-refractivity contribution in [3.8, 4) is 0 Å². The highest BCUT2D eigenvalue weighted by atomic mass is 127. The molecule has 0 aromatic carbocycles. The van der Waals surface area contributed by atoms with E-state index >= 15 is 0 Å². The molecule has 0 aromatic heterocycles. The van der Waals surface area contributed by atoms with Crippen LogP contribution in [0.2, 0.25) is 0 Å². The van der Waals surface area contributed by atoms with E-state index in [4.69, 9.17) is 4.74 Å². The van der Waals surface area contributed by atoms with E-state index < -0.39 is 0 Å². The fourth-order valence-electron chi connectivity index (χ4n) is 0.0994. The molecule has 1 aliphatic rings. The standard InChI is InChI=1S/C3H5IO/c1-3(4)2-5-3/h2H2,1H3/t3-/m0/s1. The molecule has 1 atom stereocenters. The number of hydrogen-bond acceptors (Lipinski definition) is 1. The number of halogens is 1. The fourth-order valence-corrected chi connectivity index (χ4v) is 0.255. The summed E-state index contributed by atoms with van der Waals surface area (Å²) in [5, 5.41) is 0. The van der Waals surface area contributed by atoms with Crippen LogP contribution in [0.5, 0.6) is 0 Å². The van der Waals surface area contributed by atoms with Crippen molar-refractivity contribution in [3.05, 3.63) is 0 Å². The van der Waals surface area contributed by atoms with E-state index in [0.29, 0.717) is 0 Å². The maximum Gasteiger partial charge on any atom is 0.139 e. The first-order valence-electron chi connectivity index (χ1n) is 1.54. The first-order chi connectivity index (χ1) is 2.21. The number of hydrogen-bond donors (Lipinski definition) is 0. The third-order valence-electron chi connectivity index (χ3n) is 0.542. The summed E-state index contributed by atoms with van der Waals surface area (Å²) in [5.74, 6) is 0. The zero-order valence-electron chi connectivity index (χ0n) is 2.99. The van der Waals surface area contributed by atoms with Gasteiger partial charge in [-0.05, 0) is 29.5 Å². The molecule has 0 bridgehead atoms. The van der Waals surface area contributed by atoms with Gasteiger partial charge < -0.3 is 4.74 Å². The van der Waals surface area contributed by atoms with Crippen molar-refractivity contribution in [2.24, 2.45) is 0 Å². The Balaban J connectivity index is 2.38. The molecular formula is C3H5IO. The Morgan fingerprint density at radius 3 is 2.20 bits per heavy atom.